The molecule has 7 heteroatoms. The maximum Gasteiger partial charge on any atom is 0.238 e. The number of nitrogens with two attached hydrogens (primary N) is 1. The first-order chi connectivity index (χ1) is 12.0. The Balaban J connectivity index is 1.73. The van der Waals surface area contributed by atoms with Gasteiger partial charge in [0.25, 0.3) is 0 Å². The van der Waals surface area contributed by atoms with Gasteiger partial charge >= 0.3 is 0 Å². The second kappa shape index (κ2) is 7.08. The number of hydrogen-bond acceptors (Lipinski definition) is 4. The highest BCUT2D eigenvalue weighted by Crippen LogP contribution is 2.21. The number of ether oxygens (including phenoxy) is 1. The Bertz CT molecular complexity index is 946. The summed E-state index contributed by atoms with van der Waals surface area (Å²) in [5.41, 5.74) is 2.04. The lowest BCUT2D eigenvalue weighted by molar-refractivity contribution is 0.415. The Morgan fingerprint density at radius 1 is 1.08 bits per heavy atom. The van der Waals surface area contributed by atoms with Crippen LogP contribution in [0.3, 0.4) is 0 Å². The lowest BCUT2D eigenvalue weighted by atomic mass is 10.1. The lowest BCUT2D eigenvalue weighted by Crippen LogP contribution is -2.12. The molecule has 2 aromatic carbocycles. The molecule has 0 fully saturated rings. The molecule has 1 aromatic heterocycles. The van der Waals surface area contributed by atoms with Crippen molar-refractivity contribution in [3.05, 3.63) is 66.5 Å². The summed E-state index contributed by atoms with van der Waals surface area (Å²) < 4.78 is 29.8. The van der Waals surface area contributed by atoms with Gasteiger partial charge in [0.15, 0.2) is 0 Å². The zero-order chi connectivity index (χ0) is 17.9. The van der Waals surface area contributed by atoms with Gasteiger partial charge in [0, 0.05) is 24.5 Å². The number of rotatable bonds is 6. The molecule has 0 saturated carbocycles. The van der Waals surface area contributed by atoms with Crippen LogP contribution < -0.4 is 9.88 Å². The van der Waals surface area contributed by atoms with E-state index in [9.17, 15) is 8.42 Å². The quantitative estimate of drug-likeness (QED) is 0.734. The Morgan fingerprint density at radius 2 is 1.76 bits per heavy atom. The van der Waals surface area contributed by atoms with Crippen LogP contribution in [-0.2, 0) is 23.0 Å². The number of benzene rings is 2. The minimum absolute atomic E-state index is 0.123. The third-order valence-corrected chi connectivity index (χ3v) is 4.89. The predicted molar refractivity (Wildman–Crippen MR) is 95.7 cm³/mol. The van der Waals surface area contributed by atoms with Crippen LogP contribution in [0.15, 0.2) is 65.8 Å². The molecule has 0 aliphatic carbocycles. The van der Waals surface area contributed by atoms with Gasteiger partial charge in [0.05, 0.1) is 12.0 Å². The van der Waals surface area contributed by atoms with Gasteiger partial charge in [-0.2, -0.15) is 0 Å². The molecule has 1 heterocycles. The van der Waals surface area contributed by atoms with Crippen molar-refractivity contribution in [2.24, 2.45) is 5.14 Å². The smallest absolute Gasteiger partial charge is 0.238 e. The number of methoxy groups -OCH3 is 1. The molecule has 0 spiro atoms. The number of nitrogens with zero attached hydrogens (tertiary/aromatic N) is 2. The van der Waals surface area contributed by atoms with Crippen LogP contribution in [0.4, 0.5) is 0 Å². The molecule has 0 unspecified atom stereocenters. The van der Waals surface area contributed by atoms with Crippen LogP contribution in [-0.4, -0.2) is 25.1 Å². The third-order valence-electron chi connectivity index (χ3n) is 3.96. The molecule has 0 aliphatic rings. The number of imidazole rings is 1. The van der Waals surface area contributed by atoms with Gasteiger partial charge in [-0.1, -0.05) is 12.1 Å². The lowest BCUT2D eigenvalue weighted by Gasteiger charge is -2.09. The Morgan fingerprint density at radius 3 is 2.36 bits per heavy atom. The molecule has 3 rings (SSSR count). The fourth-order valence-electron chi connectivity index (χ4n) is 2.59. The van der Waals surface area contributed by atoms with E-state index < -0.39 is 10.0 Å². The van der Waals surface area contributed by atoms with Crippen LogP contribution in [0.25, 0.3) is 11.4 Å². The van der Waals surface area contributed by atoms with Gasteiger partial charge in [0.1, 0.15) is 11.6 Å². The number of aromatic nitrogens is 2. The summed E-state index contributed by atoms with van der Waals surface area (Å²) in [5.74, 6) is 1.68. The van der Waals surface area contributed by atoms with Gasteiger partial charge in [-0.3, -0.25) is 0 Å². The monoisotopic (exact) mass is 357 g/mol. The summed E-state index contributed by atoms with van der Waals surface area (Å²) in [6, 6.07) is 14.4. The summed E-state index contributed by atoms with van der Waals surface area (Å²) in [6.07, 6.45) is 4.45. The van der Waals surface area contributed by atoms with Crippen molar-refractivity contribution in [2.45, 2.75) is 17.9 Å². The first-order valence-corrected chi connectivity index (χ1v) is 9.29. The molecule has 0 amide bonds. The fourth-order valence-corrected chi connectivity index (χ4v) is 3.10. The summed E-state index contributed by atoms with van der Waals surface area (Å²) in [4.78, 5) is 4.55. The van der Waals surface area contributed by atoms with Gasteiger partial charge < -0.3 is 9.30 Å². The van der Waals surface area contributed by atoms with E-state index in [1.165, 1.54) is 12.1 Å². The van der Waals surface area contributed by atoms with Gasteiger partial charge in [-0.15, -0.1) is 0 Å². The van der Waals surface area contributed by atoms with Crippen LogP contribution in [0.5, 0.6) is 5.75 Å². The maximum atomic E-state index is 11.3. The van der Waals surface area contributed by atoms with Crippen molar-refractivity contribution in [2.75, 3.05) is 7.11 Å². The summed E-state index contributed by atoms with van der Waals surface area (Å²) in [6.45, 7) is 0.732. The molecule has 6 nitrogen and oxygen atoms in total. The normalized spacial score (nSPS) is 11.4. The average Bonchev–Trinajstić information content (AvgIpc) is 3.08. The molecular formula is C18H19N3O3S. The molecule has 0 radical (unpaired) electrons. The minimum Gasteiger partial charge on any atom is -0.497 e. The molecule has 0 atom stereocenters. The highest BCUT2D eigenvalue weighted by molar-refractivity contribution is 7.89. The zero-order valence-corrected chi connectivity index (χ0v) is 14.6. The number of primary sulfonamides is 1. The van der Waals surface area contributed by atoms with Gasteiger partial charge in [-0.05, 0) is 48.4 Å². The first kappa shape index (κ1) is 17.2. The van der Waals surface area contributed by atoms with Crippen molar-refractivity contribution in [3.8, 4) is 17.1 Å². The number of hydrogen-bond donors (Lipinski definition) is 1. The van der Waals surface area contributed by atoms with E-state index in [2.05, 4.69) is 9.55 Å². The van der Waals surface area contributed by atoms with Crippen LogP contribution in [0.2, 0.25) is 0 Å². The highest BCUT2D eigenvalue weighted by atomic mass is 32.2. The van der Waals surface area contributed by atoms with Crippen LogP contribution in [0.1, 0.15) is 5.56 Å². The average molecular weight is 357 g/mol. The second-order valence-electron chi connectivity index (χ2n) is 5.61. The van der Waals surface area contributed by atoms with E-state index in [-0.39, 0.29) is 4.90 Å². The molecule has 3 aromatic rings. The van der Waals surface area contributed by atoms with E-state index in [1.54, 1.807) is 25.4 Å². The Hall–Kier alpha value is -2.64. The zero-order valence-electron chi connectivity index (χ0n) is 13.8. The third kappa shape index (κ3) is 4.07. The second-order valence-corrected chi connectivity index (χ2v) is 7.17. The predicted octanol–water partition coefficient (Wildman–Crippen LogP) is 2.45. The largest absolute Gasteiger partial charge is 0.497 e. The SMILES string of the molecule is COc1ccc(-c2nccn2CCc2ccc(S(N)(=O)=O)cc2)cc1. The molecule has 0 saturated heterocycles. The van der Waals surface area contributed by atoms with E-state index in [0.29, 0.717) is 0 Å². The maximum absolute atomic E-state index is 11.3. The van der Waals surface area contributed by atoms with Crippen molar-refractivity contribution in [1.82, 2.24) is 9.55 Å². The van der Waals surface area contributed by atoms with Gasteiger partial charge in [0.2, 0.25) is 10.0 Å². The standard InChI is InChI=1S/C18H19N3O3S/c1-24-16-6-4-15(5-7-16)18-20-11-13-21(18)12-10-14-2-8-17(9-3-14)25(19,22)23/h2-9,11,13H,10,12H2,1H3,(H2,19,22,23). The van der Waals surface area contributed by atoms with Crippen molar-refractivity contribution in [1.29, 1.82) is 0 Å². The topological polar surface area (TPSA) is 87.2 Å². The van der Waals surface area contributed by atoms with Crippen molar-refractivity contribution in [3.63, 3.8) is 0 Å². The molecule has 25 heavy (non-hydrogen) atoms. The van der Waals surface area contributed by atoms with E-state index >= 15 is 0 Å². The minimum atomic E-state index is -3.65. The Kier molecular flexibility index (Phi) is 4.87. The Labute approximate surface area is 146 Å². The summed E-state index contributed by atoms with van der Waals surface area (Å²) in [7, 11) is -2.02. The van der Waals surface area contributed by atoms with E-state index in [1.807, 2.05) is 30.5 Å². The van der Waals surface area contributed by atoms with Crippen molar-refractivity contribution < 1.29 is 13.2 Å². The number of sulfonamides is 1. The molecule has 0 bridgehead atoms. The van der Waals surface area contributed by atoms with Crippen molar-refractivity contribution >= 4 is 10.0 Å². The van der Waals surface area contributed by atoms with Crippen LogP contribution >= 0.6 is 0 Å². The molecule has 0 aliphatic heterocycles. The molecule has 2 N–H and O–H groups in total. The highest BCUT2D eigenvalue weighted by Gasteiger charge is 2.08. The summed E-state index contributed by atoms with van der Waals surface area (Å²) in [5, 5.41) is 5.11. The fraction of sp³-hybridized carbons (Fsp3) is 0.167. The first-order valence-electron chi connectivity index (χ1n) is 7.74. The van der Waals surface area contributed by atoms with E-state index in [4.69, 9.17) is 9.88 Å². The van der Waals surface area contributed by atoms with Gasteiger partial charge in [-0.25, -0.2) is 18.5 Å². The molecule has 130 valence electrons. The summed E-state index contributed by atoms with van der Waals surface area (Å²) >= 11 is 0. The number of aryl methyl sites for hydroxylation is 2. The van der Waals surface area contributed by atoms with Crippen LogP contribution in [0, 0.1) is 0 Å². The molecular weight excluding hydrogens is 338 g/mol. The van der Waals surface area contributed by atoms with E-state index in [0.717, 1.165) is 35.7 Å².